The van der Waals surface area contributed by atoms with E-state index in [2.05, 4.69) is 5.32 Å². The Labute approximate surface area is 129 Å². The number of carbonyl (C=O) groups is 1. The highest BCUT2D eigenvalue weighted by atomic mass is 16.5. The Kier molecular flexibility index (Phi) is 5.80. The van der Waals surface area contributed by atoms with Gasteiger partial charge in [-0.25, -0.2) is 4.79 Å². The summed E-state index contributed by atoms with van der Waals surface area (Å²) >= 11 is 0. The summed E-state index contributed by atoms with van der Waals surface area (Å²) < 4.78 is 5.73. The summed E-state index contributed by atoms with van der Waals surface area (Å²) in [5.74, 6) is -0.163. The van der Waals surface area contributed by atoms with Crippen molar-refractivity contribution in [1.29, 1.82) is 0 Å². The zero-order chi connectivity index (χ0) is 15.8. The van der Waals surface area contributed by atoms with E-state index in [-0.39, 0.29) is 5.56 Å². The maximum absolute atomic E-state index is 10.8. The van der Waals surface area contributed by atoms with Gasteiger partial charge in [-0.2, -0.15) is 0 Å². The molecular weight excluding hydrogens is 280 g/mol. The number of hydrogen-bond donors (Lipinski definition) is 3. The number of anilines is 1. The second-order valence-corrected chi connectivity index (χ2v) is 4.89. The van der Waals surface area contributed by atoms with Crippen LogP contribution in [-0.2, 0) is 6.61 Å². The maximum atomic E-state index is 10.8. The standard InChI is InChI=1S/C17H20N2O3/c18-9-2-10-19-15-3-1-4-16(11-15)22-12-13-5-7-14(8-6-13)17(20)21/h1,3-8,11,19H,2,9-10,12,18H2,(H,20,21). The van der Waals surface area contributed by atoms with E-state index >= 15 is 0 Å². The second-order valence-electron chi connectivity index (χ2n) is 4.89. The minimum atomic E-state index is -0.927. The molecule has 0 amide bonds. The molecule has 0 bridgehead atoms. The van der Waals surface area contributed by atoms with Crippen molar-refractivity contribution in [2.45, 2.75) is 13.0 Å². The van der Waals surface area contributed by atoms with Crippen molar-refractivity contribution in [1.82, 2.24) is 0 Å². The Morgan fingerprint density at radius 3 is 2.64 bits per heavy atom. The Morgan fingerprint density at radius 2 is 1.95 bits per heavy atom. The Morgan fingerprint density at radius 1 is 1.18 bits per heavy atom. The molecule has 5 heteroatoms. The molecule has 116 valence electrons. The summed E-state index contributed by atoms with van der Waals surface area (Å²) in [5, 5.41) is 12.1. The van der Waals surface area contributed by atoms with E-state index in [4.69, 9.17) is 15.6 Å². The number of benzene rings is 2. The zero-order valence-electron chi connectivity index (χ0n) is 12.3. The van der Waals surface area contributed by atoms with Crippen molar-refractivity contribution in [3.63, 3.8) is 0 Å². The minimum absolute atomic E-state index is 0.273. The van der Waals surface area contributed by atoms with Crippen molar-refractivity contribution in [2.75, 3.05) is 18.4 Å². The molecule has 4 N–H and O–H groups in total. The fourth-order valence-electron chi connectivity index (χ4n) is 1.94. The van der Waals surface area contributed by atoms with E-state index in [9.17, 15) is 4.79 Å². The molecule has 2 aromatic rings. The van der Waals surface area contributed by atoms with E-state index in [1.807, 2.05) is 24.3 Å². The first kappa shape index (κ1) is 15.9. The van der Waals surface area contributed by atoms with Gasteiger partial charge >= 0.3 is 5.97 Å². The van der Waals surface area contributed by atoms with E-state index in [1.54, 1.807) is 24.3 Å². The first-order valence-electron chi connectivity index (χ1n) is 7.18. The highest BCUT2D eigenvalue weighted by Crippen LogP contribution is 2.18. The molecule has 0 radical (unpaired) electrons. The lowest BCUT2D eigenvalue weighted by molar-refractivity contribution is 0.0697. The first-order chi connectivity index (χ1) is 10.7. The van der Waals surface area contributed by atoms with Gasteiger partial charge in [-0.1, -0.05) is 18.2 Å². The van der Waals surface area contributed by atoms with Crippen molar-refractivity contribution in [3.05, 3.63) is 59.7 Å². The van der Waals surface area contributed by atoms with E-state index in [0.29, 0.717) is 13.2 Å². The number of nitrogens with one attached hydrogen (secondary N) is 1. The van der Waals surface area contributed by atoms with Gasteiger partial charge in [-0.3, -0.25) is 0 Å². The normalized spacial score (nSPS) is 10.2. The lowest BCUT2D eigenvalue weighted by Crippen LogP contribution is -2.08. The topological polar surface area (TPSA) is 84.6 Å². The Balaban J connectivity index is 1.90. The molecule has 0 aliphatic carbocycles. The molecule has 0 saturated carbocycles. The summed E-state index contributed by atoms with van der Waals surface area (Å²) in [4.78, 5) is 10.8. The van der Waals surface area contributed by atoms with Crippen LogP contribution in [0.4, 0.5) is 5.69 Å². The highest BCUT2D eigenvalue weighted by molar-refractivity contribution is 5.87. The van der Waals surface area contributed by atoms with Crippen LogP contribution in [0, 0.1) is 0 Å². The quantitative estimate of drug-likeness (QED) is 0.653. The van der Waals surface area contributed by atoms with Crippen LogP contribution in [-0.4, -0.2) is 24.2 Å². The molecule has 0 fully saturated rings. The minimum Gasteiger partial charge on any atom is -0.489 e. The molecule has 5 nitrogen and oxygen atoms in total. The molecule has 2 aromatic carbocycles. The van der Waals surface area contributed by atoms with Gasteiger partial charge in [0.15, 0.2) is 0 Å². The number of nitrogens with two attached hydrogens (primary N) is 1. The molecule has 0 aromatic heterocycles. The van der Waals surface area contributed by atoms with Gasteiger partial charge < -0.3 is 20.9 Å². The molecule has 22 heavy (non-hydrogen) atoms. The van der Waals surface area contributed by atoms with Gasteiger partial charge in [-0.15, -0.1) is 0 Å². The van der Waals surface area contributed by atoms with Crippen molar-refractivity contribution >= 4 is 11.7 Å². The van der Waals surface area contributed by atoms with Crippen LogP contribution in [0.15, 0.2) is 48.5 Å². The number of rotatable bonds is 8. The van der Waals surface area contributed by atoms with Crippen LogP contribution in [0.25, 0.3) is 0 Å². The van der Waals surface area contributed by atoms with Crippen molar-refractivity contribution < 1.29 is 14.6 Å². The molecule has 0 aliphatic heterocycles. The van der Waals surface area contributed by atoms with E-state index < -0.39 is 5.97 Å². The maximum Gasteiger partial charge on any atom is 0.335 e. The number of carboxylic acid groups (broad SMARTS) is 1. The summed E-state index contributed by atoms with van der Waals surface area (Å²) in [7, 11) is 0. The van der Waals surface area contributed by atoms with Gasteiger partial charge in [0.05, 0.1) is 5.56 Å². The summed E-state index contributed by atoms with van der Waals surface area (Å²) in [6.45, 7) is 1.89. The first-order valence-corrected chi connectivity index (χ1v) is 7.18. The van der Waals surface area contributed by atoms with Crippen LogP contribution in [0.2, 0.25) is 0 Å². The van der Waals surface area contributed by atoms with Crippen molar-refractivity contribution in [3.8, 4) is 5.75 Å². The molecule has 0 saturated heterocycles. The number of ether oxygens (including phenoxy) is 1. The Hall–Kier alpha value is -2.53. The SMILES string of the molecule is NCCCNc1cccc(OCc2ccc(C(=O)O)cc2)c1. The van der Waals surface area contributed by atoms with Crippen molar-refractivity contribution in [2.24, 2.45) is 5.73 Å². The third kappa shape index (κ3) is 4.79. The molecule has 0 atom stereocenters. The van der Waals surface area contributed by atoms with Gasteiger partial charge in [0, 0.05) is 18.3 Å². The second kappa shape index (κ2) is 8.05. The van der Waals surface area contributed by atoms with Gasteiger partial charge in [0.25, 0.3) is 0 Å². The molecule has 0 heterocycles. The van der Waals surface area contributed by atoms with Gasteiger partial charge in [-0.05, 0) is 42.8 Å². The smallest absolute Gasteiger partial charge is 0.335 e. The van der Waals surface area contributed by atoms with Crippen LogP contribution in [0.5, 0.6) is 5.75 Å². The summed E-state index contributed by atoms with van der Waals surface area (Å²) in [6, 6.07) is 14.4. The van der Waals surface area contributed by atoms with E-state index in [0.717, 1.165) is 30.0 Å². The summed E-state index contributed by atoms with van der Waals surface area (Å²) in [5.41, 5.74) is 7.65. The van der Waals surface area contributed by atoms with Crippen LogP contribution in [0.3, 0.4) is 0 Å². The number of aromatic carboxylic acids is 1. The lowest BCUT2D eigenvalue weighted by atomic mass is 10.1. The fourth-order valence-corrected chi connectivity index (χ4v) is 1.94. The van der Waals surface area contributed by atoms with Gasteiger partial charge in [0.1, 0.15) is 12.4 Å². The lowest BCUT2D eigenvalue weighted by Gasteiger charge is -2.10. The predicted octanol–water partition coefficient (Wildman–Crippen LogP) is 2.72. The van der Waals surface area contributed by atoms with Crippen LogP contribution >= 0.6 is 0 Å². The van der Waals surface area contributed by atoms with Crippen LogP contribution in [0.1, 0.15) is 22.3 Å². The largest absolute Gasteiger partial charge is 0.489 e. The third-order valence-corrected chi connectivity index (χ3v) is 3.15. The predicted molar refractivity (Wildman–Crippen MR) is 86.3 cm³/mol. The molecular formula is C17H20N2O3. The molecule has 0 spiro atoms. The number of hydrogen-bond acceptors (Lipinski definition) is 4. The zero-order valence-corrected chi connectivity index (χ0v) is 12.3. The van der Waals surface area contributed by atoms with E-state index in [1.165, 1.54) is 0 Å². The monoisotopic (exact) mass is 300 g/mol. The molecule has 2 rings (SSSR count). The average molecular weight is 300 g/mol. The fraction of sp³-hybridized carbons (Fsp3) is 0.235. The molecule has 0 unspecified atom stereocenters. The molecule has 0 aliphatic rings. The average Bonchev–Trinajstić information content (AvgIpc) is 2.54. The highest BCUT2D eigenvalue weighted by Gasteiger charge is 2.02. The Bertz CT molecular complexity index is 612. The number of carboxylic acids is 1. The van der Waals surface area contributed by atoms with Gasteiger partial charge in [0.2, 0.25) is 0 Å². The van der Waals surface area contributed by atoms with Crippen LogP contribution < -0.4 is 15.8 Å². The third-order valence-electron chi connectivity index (χ3n) is 3.15. The summed E-state index contributed by atoms with van der Waals surface area (Å²) in [6.07, 6.45) is 0.918.